The van der Waals surface area contributed by atoms with Crippen molar-refractivity contribution in [3.05, 3.63) is 23.8 Å². The predicted octanol–water partition coefficient (Wildman–Crippen LogP) is 4.19. The van der Waals surface area contributed by atoms with Crippen LogP contribution in [0.25, 0.3) is 0 Å². The number of fused-ring (bicyclic) bond motifs is 5. The highest BCUT2D eigenvalue weighted by molar-refractivity contribution is 5.93. The second kappa shape index (κ2) is 6.15. The number of Topliss-reactive ketones (excluding diaryl/α,β-unsaturated/α-hetero) is 1. The smallest absolute Gasteiger partial charge is 0.303 e. The molecule has 4 nitrogen and oxygen atoms in total. The quantitative estimate of drug-likeness (QED) is 0.540. The summed E-state index contributed by atoms with van der Waals surface area (Å²) in [5.41, 5.74) is 0.575. The fraction of sp³-hybridized carbons (Fsp3) is 0.696. The number of carbonyl (C=O) groups excluding carboxylic acids is 3. The summed E-state index contributed by atoms with van der Waals surface area (Å²) in [5.74, 6) is 1.68. The number of esters is 1. The maximum atomic E-state index is 12.8. The van der Waals surface area contributed by atoms with Gasteiger partial charge in [0.15, 0.2) is 17.2 Å². The Morgan fingerprint density at radius 1 is 1.15 bits per heavy atom. The number of rotatable bonds is 2. The van der Waals surface area contributed by atoms with E-state index in [1.165, 1.54) is 12.5 Å². The second-order valence-electron chi connectivity index (χ2n) is 9.40. The number of ether oxygens (including phenoxy) is 1. The van der Waals surface area contributed by atoms with E-state index in [9.17, 15) is 14.4 Å². The first kappa shape index (κ1) is 18.6. The average Bonchev–Trinajstić information content (AvgIpc) is 2.82. The van der Waals surface area contributed by atoms with Crippen molar-refractivity contribution < 1.29 is 19.1 Å². The number of carbonyl (C=O) groups is 3. The van der Waals surface area contributed by atoms with Crippen molar-refractivity contribution in [1.82, 2.24) is 0 Å². The lowest BCUT2D eigenvalue weighted by atomic mass is 9.50. The lowest BCUT2D eigenvalue weighted by Gasteiger charge is -2.55. The van der Waals surface area contributed by atoms with E-state index in [0.29, 0.717) is 30.1 Å². The van der Waals surface area contributed by atoms with Gasteiger partial charge in [0.05, 0.1) is 0 Å². The second-order valence-corrected chi connectivity index (χ2v) is 9.40. The normalized spacial score (nSPS) is 43.3. The van der Waals surface area contributed by atoms with Gasteiger partial charge in [-0.15, -0.1) is 0 Å². The van der Waals surface area contributed by atoms with Crippen LogP contribution in [0.4, 0.5) is 0 Å². The van der Waals surface area contributed by atoms with Gasteiger partial charge in [-0.1, -0.05) is 19.1 Å². The van der Waals surface area contributed by atoms with E-state index < -0.39 is 11.6 Å². The zero-order valence-corrected chi connectivity index (χ0v) is 16.7. The van der Waals surface area contributed by atoms with Gasteiger partial charge in [0, 0.05) is 18.8 Å². The van der Waals surface area contributed by atoms with Crippen LogP contribution in [0.5, 0.6) is 0 Å². The predicted molar refractivity (Wildman–Crippen MR) is 102 cm³/mol. The molecular formula is C23H30O4. The maximum absolute atomic E-state index is 12.8. The Kier molecular flexibility index (Phi) is 4.25. The highest BCUT2D eigenvalue weighted by atomic mass is 16.6. The Labute approximate surface area is 161 Å². The first-order valence-corrected chi connectivity index (χ1v) is 10.3. The molecular weight excluding hydrogens is 340 g/mol. The summed E-state index contributed by atoms with van der Waals surface area (Å²) >= 11 is 0. The lowest BCUT2D eigenvalue weighted by molar-refractivity contribution is -0.180. The van der Waals surface area contributed by atoms with Gasteiger partial charge < -0.3 is 4.74 Å². The number of hydrogen-bond acceptors (Lipinski definition) is 4. The fourth-order valence-electron chi connectivity index (χ4n) is 7.25. The summed E-state index contributed by atoms with van der Waals surface area (Å²) in [4.78, 5) is 36.6. The number of ketones is 2. The van der Waals surface area contributed by atoms with Gasteiger partial charge in [0.2, 0.25) is 0 Å². The van der Waals surface area contributed by atoms with Crippen LogP contribution in [0.3, 0.4) is 0 Å². The molecule has 3 saturated carbocycles. The molecule has 4 heteroatoms. The average molecular weight is 370 g/mol. The largest absolute Gasteiger partial charge is 0.446 e. The Bertz CT molecular complexity index is 762. The van der Waals surface area contributed by atoms with E-state index in [1.54, 1.807) is 6.92 Å². The summed E-state index contributed by atoms with van der Waals surface area (Å²) in [5, 5.41) is 0. The van der Waals surface area contributed by atoms with E-state index in [1.807, 2.05) is 6.08 Å². The first-order valence-electron chi connectivity index (χ1n) is 10.3. The van der Waals surface area contributed by atoms with E-state index in [0.717, 1.165) is 44.1 Å². The zero-order valence-electron chi connectivity index (χ0n) is 16.7. The van der Waals surface area contributed by atoms with E-state index in [-0.39, 0.29) is 17.0 Å². The Balaban J connectivity index is 1.71. The number of allylic oxidation sites excluding steroid dienone is 1. The molecule has 0 unspecified atom stereocenters. The van der Waals surface area contributed by atoms with Gasteiger partial charge in [-0.25, -0.2) is 0 Å². The Hall–Kier alpha value is -1.71. The molecule has 4 aliphatic rings. The third-order valence-corrected chi connectivity index (χ3v) is 8.25. The molecule has 6 atom stereocenters. The summed E-state index contributed by atoms with van der Waals surface area (Å²) in [6.45, 7) is 9.30. The van der Waals surface area contributed by atoms with Crippen LogP contribution < -0.4 is 0 Å². The zero-order chi connectivity index (χ0) is 19.6. The Morgan fingerprint density at radius 2 is 1.89 bits per heavy atom. The van der Waals surface area contributed by atoms with Crippen LogP contribution in [0.15, 0.2) is 23.8 Å². The van der Waals surface area contributed by atoms with Gasteiger partial charge in [-0.3, -0.25) is 14.4 Å². The van der Waals surface area contributed by atoms with E-state index in [4.69, 9.17) is 4.74 Å². The van der Waals surface area contributed by atoms with Crippen molar-refractivity contribution in [3.63, 3.8) is 0 Å². The van der Waals surface area contributed by atoms with Crippen molar-refractivity contribution in [3.8, 4) is 0 Å². The fourth-order valence-corrected chi connectivity index (χ4v) is 7.25. The molecule has 4 aliphatic carbocycles. The lowest BCUT2D eigenvalue weighted by Crippen LogP contribution is -2.58. The van der Waals surface area contributed by atoms with Crippen LogP contribution in [0.1, 0.15) is 65.7 Å². The molecule has 0 aliphatic heterocycles. The molecule has 3 fully saturated rings. The molecule has 0 aromatic carbocycles. The topological polar surface area (TPSA) is 60.4 Å². The third-order valence-electron chi connectivity index (χ3n) is 8.25. The molecule has 0 N–H and O–H groups in total. The minimum absolute atomic E-state index is 0.0918. The molecule has 0 heterocycles. The highest BCUT2D eigenvalue weighted by Crippen LogP contribution is 2.67. The van der Waals surface area contributed by atoms with E-state index >= 15 is 0 Å². The standard InChI is InChI=1S/C23H30O4/c1-13-11-21-20-7-5-16-12-17(26)6-8-18(16)19(20)9-10-22(21,4)23(13,14(2)24)27-15(3)25/h12,18-21H,1,5-11H2,2-4H3/t18-,19+,20+,21-,22-,23-/m1/s1. The molecule has 146 valence electrons. The first-order chi connectivity index (χ1) is 12.7. The van der Waals surface area contributed by atoms with Crippen LogP contribution in [-0.2, 0) is 19.1 Å². The molecule has 4 rings (SSSR count). The molecule has 0 aromatic heterocycles. The minimum Gasteiger partial charge on any atom is -0.446 e. The van der Waals surface area contributed by atoms with Gasteiger partial charge in [-0.2, -0.15) is 0 Å². The monoisotopic (exact) mass is 370 g/mol. The van der Waals surface area contributed by atoms with Gasteiger partial charge in [0.25, 0.3) is 0 Å². The van der Waals surface area contributed by atoms with Gasteiger partial charge in [-0.05, 0) is 80.8 Å². The van der Waals surface area contributed by atoms with Crippen molar-refractivity contribution >= 4 is 17.5 Å². The highest BCUT2D eigenvalue weighted by Gasteiger charge is 2.68. The van der Waals surface area contributed by atoms with Crippen LogP contribution in [-0.4, -0.2) is 23.1 Å². The molecule has 0 bridgehead atoms. The van der Waals surface area contributed by atoms with Crippen molar-refractivity contribution in [2.45, 2.75) is 71.3 Å². The molecule has 0 saturated heterocycles. The SMILES string of the molecule is C=C1C[C@@H]2[C@H]3CCC4=CC(=O)CC[C@H]4[C@@H]3CC[C@@]2(C)[C@]1(OC(C)=O)C(C)=O. The van der Waals surface area contributed by atoms with Gasteiger partial charge in [0.1, 0.15) is 0 Å². The van der Waals surface area contributed by atoms with Crippen LogP contribution in [0.2, 0.25) is 0 Å². The number of hydrogen-bond donors (Lipinski definition) is 0. The van der Waals surface area contributed by atoms with Crippen LogP contribution >= 0.6 is 0 Å². The molecule has 0 amide bonds. The van der Waals surface area contributed by atoms with Crippen molar-refractivity contribution in [1.29, 1.82) is 0 Å². The summed E-state index contributed by atoms with van der Waals surface area (Å²) in [6.07, 6.45) is 8.23. The Morgan fingerprint density at radius 3 is 2.56 bits per heavy atom. The summed E-state index contributed by atoms with van der Waals surface area (Å²) in [6, 6.07) is 0. The maximum Gasteiger partial charge on any atom is 0.303 e. The summed E-state index contributed by atoms with van der Waals surface area (Å²) in [7, 11) is 0. The molecule has 0 spiro atoms. The minimum atomic E-state index is -1.17. The van der Waals surface area contributed by atoms with Crippen molar-refractivity contribution in [2.75, 3.05) is 0 Å². The molecule has 0 aromatic rings. The van der Waals surface area contributed by atoms with Gasteiger partial charge >= 0.3 is 5.97 Å². The molecule has 0 radical (unpaired) electrons. The summed E-state index contributed by atoms with van der Waals surface area (Å²) < 4.78 is 5.80. The molecule has 27 heavy (non-hydrogen) atoms. The third kappa shape index (κ3) is 2.44. The van der Waals surface area contributed by atoms with Crippen molar-refractivity contribution in [2.24, 2.45) is 29.1 Å². The van der Waals surface area contributed by atoms with E-state index in [2.05, 4.69) is 13.5 Å². The van der Waals surface area contributed by atoms with Crippen LogP contribution in [0, 0.1) is 29.1 Å².